The van der Waals surface area contributed by atoms with Gasteiger partial charge in [0.1, 0.15) is 11.4 Å². The van der Waals surface area contributed by atoms with Crippen LogP contribution in [-0.4, -0.2) is 29.7 Å². The van der Waals surface area contributed by atoms with E-state index in [0.717, 1.165) is 0 Å². The summed E-state index contributed by atoms with van der Waals surface area (Å²) in [6, 6.07) is 5.97. The second-order valence-corrected chi connectivity index (χ2v) is 7.81. The fourth-order valence-electron chi connectivity index (χ4n) is 2.07. The Labute approximate surface area is 155 Å². The van der Waals surface area contributed by atoms with Crippen LogP contribution in [-0.2, 0) is 9.53 Å². The van der Waals surface area contributed by atoms with Crippen molar-refractivity contribution in [2.45, 2.75) is 52.7 Å². The van der Waals surface area contributed by atoms with Gasteiger partial charge in [-0.05, 0) is 57.4 Å². The number of carbonyl (C=O) groups excluding carboxylic acids is 2. The maximum Gasteiger partial charge on any atom is 0.407 e. The summed E-state index contributed by atoms with van der Waals surface area (Å²) in [4.78, 5) is 24.1. The van der Waals surface area contributed by atoms with Crippen LogP contribution in [0.1, 0.15) is 47.1 Å². The minimum Gasteiger partial charge on any atom is -0.444 e. The molecule has 144 valence electrons. The smallest absolute Gasteiger partial charge is 0.407 e. The highest BCUT2D eigenvalue weighted by Crippen LogP contribution is 2.16. The Morgan fingerprint density at radius 3 is 2.42 bits per heavy atom. The molecule has 0 saturated heterocycles. The summed E-state index contributed by atoms with van der Waals surface area (Å²) in [5.74, 6) is -0.624. The van der Waals surface area contributed by atoms with Gasteiger partial charge in [0, 0.05) is 12.6 Å². The van der Waals surface area contributed by atoms with Crippen LogP contribution in [0.15, 0.2) is 30.3 Å². The van der Waals surface area contributed by atoms with Crippen molar-refractivity contribution in [3.05, 3.63) is 41.7 Å². The summed E-state index contributed by atoms with van der Waals surface area (Å²) < 4.78 is 18.4. The zero-order chi connectivity index (χ0) is 20.0. The Bertz CT molecular complexity index is 665. The normalized spacial score (nSPS) is 14.2. The van der Waals surface area contributed by atoms with Gasteiger partial charge in [-0.3, -0.25) is 4.79 Å². The van der Waals surface area contributed by atoms with Crippen LogP contribution in [0.5, 0.6) is 0 Å². The van der Waals surface area contributed by atoms with Crippen molar-refractivity contribution >= 4 is 18.1 Å². The van der Waals surface area contributed by atoms with Crippen LogP contribution in [0.4, 0.5) is 9.18 Å². The van der Waals surface area contributed by atoms with Crippen LogP contribution in [0, 0.1) is 11.7 Å². The topological polar surface area (TPSA) is 67.4 Å². The number of alkyl carbamates (subject to hydrolysis) is 1. The van der Waals surface area contributed by atoms with E-state index in [1.54, 1.807) is 39.0 Å². The summed E-state index contributed by atoms with van der Waals surface area (Å²) in [5.41, 5.74) is -0.659. The maximum atomic E-state index is 13.2. The van der Waals surface area contributed by atoms with Gasteiger partial charge in [0.15, 0.2) is 0 Å². The summed E-state index contributed by atoms with van der Waals surface area (Å²) in [5, 5.41) is 5.60. The van der Waals surface area contributed by atoms with E-state index >= 15 is 0 Å². The molecule has 26 heavy (non-hydrogen) atoms. The first-order valence-corrected chi connectivity index (χ1v) is 8.64. The molecule has 2 N–H and O–H groups in total. The highest BCUT2D eigenvalue weighted by atomic mass is 19.1. The van der Waals surface area contributed by atoms with Gasteiger partial charge in [-0.1, -0.05) is 26.0 Å². The largest absolute Gasteiger partial charge is 0.444 e. The van der Waals surface area contributed by atoms with Gasteiger partial charge in [0.2, 0.25) is 5.91 Å². The lowest BCUT2D eigenvalue weighted by molar-refractivity contribution is -0.118. The Balaban J connectivity index is 2.70. The fraction of sp³-hybridized carbons (Fsp3) is 0.500. The molecule has 5 nitrogen and oxygen atoms in total. The molecule has 0 aliphatic rings. The maximum absolute atomic E-state index is 13.2. The molecule has 2 amide bonds. The van der Waals surface area contributed by atoms with E-state index in [0.29, 0.717) is 5.56 Å². The highest BCUT2D eigenvalue weighted by molar-refractivity contribution is 5.92. The Kier molecular flexibility index (Phi) is 7.36. The highest BCUT2D eigenvalue weighted by Gasteiger charge is 2.31. The van der Waals surface area contributed by atoms with Gasteiger partial charge in [-0.2, -0.15) is 0 Å². The van der Waals surface area contributed by atoms with Crippen LogP contribution in [0.2, 0.25) is 0 Å². The third kappa shape index (κ3) is 7.68. The molecule has 0 heterocycles. The summed E-state index contributed by atoms with van der Waals surface area (Å²) >= 11 is 0. The first-order chi connectivity index (χ1) is 11.9. The lowest BCUT2D eigenvalue weighted by Gasteiger charge is -2.35. The Morgan fingerprint density at radius 2 is 1.88 bits per heavy atom. The number of amides is 2. The van der Waals surface area contributed by atoms with Crippen molar-refractivity contribution < 1.29 is 18.7 Å². The quantitative estimate of drug-likeness (QED) is 0.753. The van der Waals surface area contributed by atoms with Crippen molar-refractivity contribution in [2.24, 2.45) is 5.92 Å². The number of benzene rings is 1. The van der Waals surface area contributed by atoms with Crippen LogP contribution in [0.25, 0.3) is 6.08 Å². The first-order valence-electron chi connectivity index (χ1n) is 8.64. The molecule has 0 bridgehead atoms. The van der Waals surface area contributed by atoms with Gasteiger partial charge in [-0.25, -0.2) is 9.18 Å². The van der Waals surface area contributed by atoms with Crippen LogP contribution >= 0.6 is 0 Å². The average molecular weight is 364 g/mol. The van der Waals surface area contributed by atoms with E-state index in [9.17, 15) is 14.0 Å². The molecule has 0 radical (unpaired) electrons. The number of halogens is 1. The average Bonchev–Trinajstić information content (AvgIpc) is 2.49. The van der Waals surface area contributed by atoms with Gasteiger partial charge in [0.25, 0.3) is 0 Å². The number of rotatable bonds is 6. The molecule has 1 unspecified atom stereocenters. The molecule has 1 aromatic rings. The van der Waals surface area contributed by atoms with Gasteiger partial charge in [0.05, 0.1) is 5.54 Å². The minimum atomic E-state index is -0.666. The van der Waals surface area contributed by atoms with Gasteiger partial charge >= 0.3 is 6.09 Å². The second-order valence-electron chi connectivity index (χ2n) is 7.81. The number of nitrogens with one attached hydrogen (secondary N) is 2. The van der Waals surface area contributed by atoms with E-state index in [1.807, 2.05) is 20.8 Å². The SMILES string of the molecule is CC(C)C(C)(CNC(=O)OC(C)(C)C)NC(=O)C=Cc1cccc(F)c1. The molecule has 0 saturated carbocycles. The number of ether oxygens (including phenoxy) is 1. The van der Waals surface area contributed by atoms with Crippen molar-refractivity contribution in [3.63, 3.8) is 0 Å². The van der Waals surface area contributed by atoms with Crippen molar-refractivity contribution in [1.82, 2.24) is 10.6 Å². The number of carbonyl (C=O) groups is 2. The van der Waals surface area contributed by atoms with E-state index in [4.69, 9.17) is 4.74 Å². The van der Waals surface area contributed by atoms with Crippen molar-refractivity contribution in [1.29, 1.82) is 0 Å². The number of hydrogen-bond acceptors (Lipinski definition) is 3. The first kappa shape index (κ1) is 21.7. The predicted molar refractivity (Wildman–Crippen MR) is 101 cm³/mol. The summed E-state index contributed by atoms with van der Waals surface area (Å²) in [6.45, 7) is 11.3. The monoisotopic (exact) mass is 364 g/mol. The zero-order valence-corrected chi connectivity index (χ0v) is 16.4. The zero-order valence-electron chi connectivity index (χ0n) is 16.4. The molecule has 0 aliphatic carbocycles. The molecule has 0 aromatic heterocycles. The molecule has 1 rings (SSSR count). The van der Waals surface area contributed by atoms with E-state index in [2.05, 4.69) is 10.6 Å². The molecule has 1 atom stereocenters. The summed E-state index contributed by atoms with van der Waals surface area (Å²) in [6.07, 6.45) is 2.36. The molecular weight excluding hydrogens is 335 g/mol. The predicted octanol–water partition coefficient (Wildman–Crippen LogP) is 3.89. The van der Waals surface area contributed by atoms with E-state index < -0.39 is 17.2 Å². The number of hydrogen-bond donors (Lipinski definition) is 2. The summed E-state index contributed by atoms with van der Waals surface area (Å²) in [7, 11) is 0. The second kappa shape index (κ2) is 8.83. The van der Waals surface area contributed by atoms with E-state index in [-0.39, 0.29) is 24.2 Å². The molecule has 6 heteroatoms. The molecule has 0 fully saturated rings. The van der Waals surface area contributed by atoms with Gasteiger partial charge in [-0.15, -0.1) is 0 Å². The lowest BCUT2D eigenvalue weighted by Crippen LogP contribution is -2.56. The van der Waals surface area contributed by atoms with Gasteiger partial charge < -0.3 is 15.4 Å². The standard InChI is InChI=1S/C20H29FN2O3/c1-14(2)20(6,13-22-18(25)26-19(3,4)5)23-17(24)11-10-15-8-7-9-16(21)12-15/h7-12,14H,13H2,1-6H3,(H,22,25)(H,23,24). The fourth-order valence-corrected chi connectivity index (χ4v) is 2.07. The Morgan fingerprint density at radius 1 is 1.23 bits per heavy atom. The van der Waals surface area contributed by atoms with Crippen LogP contribution < -0.4 is 10.6 Å². The molecule has 1 aromatic carbocycles. The third-order valence-electron chi connectivity index (χ3n) is 3.96. The van der Waals surface area contributed by atoms with E-state index in [1.165, 1.54) is 18.2 Å². The van der Waals surface area contributed by atoms with Crippen molar-refractivity contribution in [3.8, 4) is 0 Å². The molecular formula is C20H29FN2O3. The Hall–Kier alpha value is -2.37. The molecule has 0 spiro atoms. The lowest BCUT2D eigenvalue weighted by atomic mass is 9.88. The molecule has 0 aliphatic heterocycles. The minimum absolute atomic E-state index is 0.0592. The van der Waals surface area contributed by atoms with Crippen molar-refractivity contribution in [2.75, 3.05) is 6.54 Å². The third-order valence-corrected chi connectivity index (χ3v) is 3.96. The van der Waals surface area contributed by atoms with Crippen LogP contribution in [0.3, 0.4) is 0 Å².